The molecule has 3 heterocycles. The Hall–Kier alpha value is -2.66. The second kappa shape index (κ2) is 8.37. The molecule has 2 aromatic heterocycles. The van der Waals surface area contributed by atoms with Crippen molar-refractivity contribution >= 4 is 29.2 Å². The number of hydrogen-bond acceptors (Lipinski definition) is 4. The minimum Gasteiger partial charge on any atom is -0.474 e. The Balaban J connectivity index is 0.00000205. The molecule has 1 aromatic carbocycles. The third-order valence-electron chi connectivity index (χ3n) is 5.63. The van der Waals surface area contributed by atoms with Crippen molar-refractivity contribution in [1.82, 2.24) is 14.9 Å². The van der Waals surface area contributed by atoms with Crippen molar-refractivity contribution in [3.8, 4) is 17.0 Å². The number of halogens is 1. The summed E-state index contributed by atoms with van der Waals surface area (Å²) in [6.07, 6.45) is 7.73. The predicted octanol–water partition coefficient (Wildman–Crippen LogP) is 4.50. The van der Waals surface area contributed by atoms with Crippen molar-refractivity contribution in [1.29, 1.82) is 0 Å². The smallest absolute Gasteiger partial charge is 0.225 e. The lowest BCUT2D eigenvalue weighted by Gasteiger charge is -2.32. The number of amides is 1. The molecule has 1 aliphatic heterocycles. The van der Waals surface area contributed by atoms with Gasteiger partial charge >= 0.3 is 0 Å². The summed E-state index contributed by atoms with van der Waals surface area (Å²) in [4.78, 5) is 23.2. The molecule has 6 heteroatoms. The van der Waals surface area contributed by atoms with Crippen molar-refractivity contribution in [3.05, 3.63) is 54.9 Å². The molecule has 0 bridgehead atoms. The molecule has 0 radical (unpaired) electrons. The number of para-hydroxylation sites is 1. The van der Waals surface area contributed by atoms with Crippen LogP contribution in [0.3, 0.4) is 0 Å². The molecule has 0 unspecified atom stereocenters. The van der Waals surface area contributed by atoms with Gasteiger partial charge in [-0.05, 0) is 31.0 Å². The molecular formula is C23H24ClN3O2. The van der Waals surface area contributed by atoms with E-state index in [2.05, 4.69) is 22.1 Å². The van der Waals surface area contributed by atoms with Crippen LogP contribution in [0.5, 0.6) is 5.88 Å². The maximum Gasteiger partial charge on any atom is 0.225 e. The number of pyridine rings is 2. The van der Waals surface area contributed by atoms with Crippen LogP contribution in [0.4, 0.5) is 0 Å². The molecule has 0 N–H and O–H groups in total. The van der Waals surface area contributed by atoms with Crippen LogP contribution in [-0.2, 0) is 4.79 Å². The van der Waals surface area contributed by atoms with Gasteiger partial charge in [0.25, 0.3) is 0 Å². The van der Waals surface area contributed by atoms with Crippen LogP contribution in [0.1, 0.15) is 25.7 Å². The van der Waals surface area contributed by atoms with Gasteiger partial charge in [0.15, 0.2) is 0 Å². The van der Waals surface area contributed by atoms with Gasteiger partial charge in [0.2, 0.25) is 11.8 Å². The first-order valence-electron chi connectivity index (χ1n) is 10.0. The topological polar surface area (TPSA) is 55.3 Å². The number of benzene rings is 1. The highest BCUT2D eigenvalue weighted by atomic mass is 35.5. The summed E-state index contributed by atoms with van der Waals surface area (Å²) < 4.78 is 6.06. The Bertz CT molecular complexity index is 996. The van der Waals surface area contributed by atoms with E-state index in [0.29, 0.717) is 17.7 Å². The summed E-state index contributed by atoms with van der Waals surface area (Å²) >= 11 is 0. The van der Waals surface area contributed by atoms with E-state index in [1.165, 1.54) is 0 Å². The van der Waals surface area contributed by atoms with E-state index < -0.39 is 0 Å². The average Bonchev–Trinajstić information content (AvgIpc) is 3.59. The third-order valence-corrected chi connectivity index (χ3v) is 5.63. The summed E-state index contributed by atoms with van der Waals surface area (Å²) in [5.74, 6) is 1.28. The van der Waals surface area contributed by atoms with Gasteiger partial charge in [0.1, 0.15) is 6.10 Å². The molecule has 5 nitrogen and oxygen atoms in total. The van der Waals surface area contributed by atoms with Gasteiger partial charge in [-0.3, -0.25) is 9.78 Å². The van der Waals surface area contributed by atoms with Gasteiger partial charge in [-0.2, -0.15) is 0 Å². The zero-order valence-electron chi connectivity index (χ0n) is 16.2. The molecular weight excluding hydrogens is 386 g/mol. The number of aromatic nitrogens is 2. The van der Waals surface area contributed by atoms with Crippen LogP contribution < -0.4 is 4.74 Å². The molecule has 1 saturated heterocycles. The molecule has 0 spiro atoms. The highest BCUT2D eigenvalue weighted by Gasteiger charge is 2.35. The van der Waals surface area contributed by atoms with Crippen LogP contribution >= 0.6 is 12.4 Å². The van der Waals surface area contributed by atoms with Crippen LogP contribution in [0, 0.1) is 5.92 Å². The first kappa shape index (κ1) is 19.6. The Labute approximate surface area is 176 Å². The van der Waals surface area contributed by atoms with E-state index in [1.54, 1.807) is 0 Å². The quantitative estimate of drug-likeness (QED) is 0.636. The fourth-order valence-electron chi connectivity index (χ4n) is 3.80. The molecule has 2 fully saturated rings. The van der Waals surface area contributed by atoms with Crippen LogP contribution in [0.25, 0.3) is 22.0 Å². The van der Waals surface area contributed by atoms with Crippen LogP contribution in [0.2, 0.25) is 0 Å². The van der Waals surface area contributed by atoms with Gasteiger partial charge < -0.3 is 9.64 Å². The minimum absolute atomic E-state index is 0. The van der Waals surface area contributed by atoms with Crippen molar-refractivity contribution in [2.45, 2.75) is 31.8 Å². The maximum absolute atomic E-state index is 12.1. The van der Waals surface area contributed by atoms with Crippen LogP contribution in [-0.4, -0.2) is 40.0 Å². The molecule has 29 heavy (non-hydrogen) atoms. The van der Waals surface area contributed by atoms with Crippen molar-refractivity contribution in [3.63, 3.8) is 0 Å². The molecule has 150 valence electrons. The number of carbonyl (C=O) groups excluding carboxylic acids is 1. The zero-order valence-corrected chi connectivity index (χ0v) is 17.0. The van der Waals surface area contributed by atoms with E-state index in [-0.39, 0.29) is 18.5 Å². The SMILES string of the molecule is Cl.O=C(C1CC1)N1CCC(Oc2ccc(-c3cnc4ccccc4c3)cn2)CC1. The Morgan fingerprint density at radius 3 is 2.41 bits per heavy atom. The van der Waals surface area contributed by atoms with Gasteiger partial charge in [-0.1, -0.05) is 18.2 Å². The fraction of sp³-hybridized carbons (Fsp3) is 0.348. The van der Waals surface area contributed by atoms with E-state index >= 15 is 0 Å². The number of rotatable bonds is 4. The number of carbonyl (C=O) groups is 1. The van der Waals surface area contributed by atoms with Crippen molar-refractivity contribution in [2.24, 2.45) is 5.92 Å². The first-order chi connectivity index (χ1) is 13.8. The standard InChI is InChI=1S/C23H23N3O2.ClH/c27-23(16-5-6-16)26-11-9-20(10-12-26)28-22-8-7-18(14-25-22)19-13-17-3-1-2-4-21(17)24-15-19;/h1-4,7-8,13-16,20H,5-6,9-12H2;1H. The largest absolute Gasteiger partial charge is 0.474 e. The fourth-order valence-corrected chi connectivity index (χ4v) is 3.80. The lowest BCUT2D eigenvalue weighted by molar-refractivity contribution is -0.134. The first-order valence-corrected chi connectivity index (χ1v) is 10.0. The summed E-state index contributed by atoms with van der Waals surface area (Å²) in [5, 5.41) is 1.12. The zero-order chi connectivity index (χ0) is 18.9. The highest BCUT2D eigenvalue weighted by Crippen LogP contribution is 2.32. The van der Waals surface area contributed by atoms with E-state index in [4.69, 9.17) is 4.74 Å². The van der Waals surface area contributed by atoms with Crippen LogP contribution in [0.15, 0.2) is 54.9 Å². The third kappa shape index (κ3) is 4.35. The predicted molar refractivity (Wildman–Crippen MR) is 115 cm³/mol. The second-order valence-electron chi connectivity index (χ2n) is 7.72. The summed E-state index contributed by atoms with van der Waals surface area (Å²) in [6, 6.07) is 14.2. The molecule has 0 atom stereocenters. The molecule has 2 aliphatic rings. The van der Waals surface area contributed by atoms with Gasteiger partial charge in [-0.15, -0.1) is 12.4 Å². The van der Waals surface area contributed by atoms with Crippen molar-refractivity contribution < 1.29 is 9.53 Å². The van der Waals surface area contributed by atoms with E-state index in [0.717, 1.165) is 60.8 Å². The Morgan fingerprint density at radius 1 is 0.931 bits per heavy atom. The number of likely N-dealkylation sites (tertiary alicyclic amines) is 1. The van der Waals surface area contributed by atoms with E-state index in [1.807, 2.05) is 47.6 Å². The number of fused-ring (bicyclic) bond motifs is 1. The number of ether oxygens (including phenoxy) is 1. The molecule has 3 aromatic rings. The number of piperidine rings is 1. The number of nitrogens with zero attached hydrogens (tertiary/aromatic N) is 3. The molecule has 1 amide bonds. The van der Waals surface area contributed by atoms with Crippen molar-refractivity contribution in [2.75, 3.05) is 13.1 Å². The summed E-state index contributed by atoms with van der Waals surface area (Å²) in [6.45, 7) is 1.59. The summed E-state index contributed by atoms with van der Waals surface area (Å²) in [5.41, 5.74) is 3.06. The molecule has 1 saturated carbocycles. The monoisotopic (exact) mass is 409 g/mol. The lowest BCUT2D eigenvalue weighted by Crippen LogP contribution is -2.42. The molecule has 5 rings (SSSR count). The highest BCUT2D eigenvalue weighted by molar-refractivity contribution is 5.85. The van der Waals surface area contributed by atoms with E-state index in [9.17, 15) is 4.79 Å². The molecule has 1 aliphatic carbocycles. The van der Waals surface area contributed by atoms with Gasteiger partial charge in [0.05, 0.1) is 5.52 Å². The second-order valence-corrected chi connectivity index (χ2v) is 7.72. The lowest BCUT2D eigenvalue weighted by atomic mass is 10.1. The summed E-state index contributed by atoms with van der Waals surface area (Å²) in [7, 11) is 0. The minimum atomic E-state index is 0. The Morgan fingerprint density at radius 2 is 1.69 bits per heavy atom. The maximum atomic E-state index is 12.1. The Kier molecular flexibility index (Phi) is 5.67. The van der Waals surface area contributed by atoms with Gasteiger partial charge in [-0.25, -0.2) is 4.98 Å². The number of hydrogen-bond donors (Lipinski definition) is 0. The normalized spacial score (nSPS) is 17.0. The van der Waals surface area contributed by atoms with Gasteiger partial charge in [0, 0.05) is 66.8 Å². The average molecular weight is 410 g/mol.